The standard InChI is InChI=1S/C80H126N14O15/c1-18-53(8)71(64(105-16)47-67(97)94-38-23-27-63(94)73(106-17)54(9)75(99)84-55(10)72(98)58-24-20-19-21-25-58)90(14)79(103)69(51(4)5)88-78(102)70(52(6)7)91(15)80(104)109-49-57-28-30-61(31-29-57)86-76(100)56(11)85-77(101)68(50(2)3)87-65(95)35-42-107-44-45-108-43-37-82-60-32-39-92(40-33-60)66(96)34-41-93-62(48-89(13)81-12)46-59-26-22-36-83-74(59)93/h19-22,24-26,28-31,36,46,50-56,60,63-64,68-73,81-82,98H,18,23,27,32-35,37-45,47-49H2,1-17H3,(H,84,99)(H,85,101)(H,86,100)(H,87,95)(H,88,102)/t53-,54+,55+,56-,63-,64+,68-,69-,70-,71-,72+,73+/m0/s1. The number of nitrogens with one attached hydrogen (secondary N) is 7. The normalized spacial score (nSPS) is 17.2. The van der Waals surface area contributed by atoms with Crippen LogP contribution in [0, 0.1) is 29.6 Å². The number of anilines is 1. The van der Waals surface area contributed by atoms with E-state index < -0.39 is 108 Å². The first-order valence-electron chi connectivity index (χ1n) is 38.8. The summed E-state index contributed by atoms with van der Waals surface area (Å²) in [6, 6.07) is 16.3. The van der Waals surface area contributed by atoms with Crippen LogP contribution in [-0.4, -0.2) is 248 Å². The fourth-order valence-corrected chi connectivity index (χ4v) is 14.4. The summed E-state index contributed by atoms with van der Waals surface area (Å²) < 4.78 is 31.4. The Balaban J connectivity index is 0.885. The fraction of sp³-hybridized carbons (Fsp3) is 0.650. The number of aryl methyl sites for hydroxylation is 1. The third-order valence-corrected chi connectivity index (χ3v) is 21.1. The molecule has 4 aromatic rings. The lowest BCUT2D eigenvalue weighted by Crippen LogP contribution is -2.60. The van der Waals surface area contributed by atoms with Gasteiger partial charge >= 0.3 is 6.09 Å². The van der Waals surface area contributed by atoms with E-state index in [2.05, 4.69) is 52.9 Å². The van der Waals surface area contributed by atoms with Crippen LogP contribution < -0.4 is 37.3 Å². The summed E-state index contributed by atoms with van der Waals surface area (Å²) in [6.07, 6.45) is 2.58. The first-order chi connectivity index (χ1) is 51.9. The maximum absolute atomic E-state index is 14.8. The van der Waals surface area contributed by atoms with Gasteiger partial charge in [0.15, 0.2) is 0 Å². The van der Waals surface area contributed by atoms with Crippen molar-refractivity contribution in [1.82, 2.24) is 66.2 Å². The lowest BCUT2D eigenvalue weighted by molar-refractivity contribution is -0.148. The van der Waals surface area contributed by atoms with Crippen LogP contribution in [0.5, 0.6) is 0 Å². The monoisotopic (exact) mass is 1520 g/mol. The third-order valence-electron chi connectivity index (χ3n) is 21.1. The third kappa shape index (κ3) is 26.2. The van der Waals surface area contributed by atoms with Crippen molar-refractivity contribution in [3.63, 3.8) is 0 Å². The number of aliphatic hydroxyl groups excluding tert-OH is 1. The number of nitrogens with zero attached hydrogens (tertiary/aromatic N) is 7. The number of fused-ring (bicyclic) bond motifs is 1. The van der Waals surface area contributed by atoms with E-state index in [1.807, 2.05) is 82.0 Å². The van der Waals surface area contributed by atoms with Crippen LogP contribution in [0.2, 0.25) is 0 Å². The number of carbonyl (C=O) groups excluding carboxylic acids is 9. The molecule has 12 atom stereocenters. The van der Waals surface area contributed by atoms with Gasteiger partial charge in [-0.3, -0.25) is 48.7 Å². The molecule has 0 bridgehead atoms. The summed E-state index contributed by atoms with van der Waals surface area (Å²) in [6.45, 7) is 24.5. The van der Waals surface area contributed by atoms with Gasteiger partial charge in [-0.25, -0.2) is 14.8 Å². The molecule has 606 valence electrons. The molecule has 0 saturated carbocycles. The highest BCUT2D eigenvalue weighted by molar-refractivity contribution is 5.98. The number of hydrogen-bond acceptors (Lipinski definition) is 19. The Labute approximate surface area is 645 Å². The molecule has 2 aliphatic heterocycles. The zero-order chi connectivity index (χ0) is 80.2. The predicted octanol–water partition coefficient (Wildman–Crippen LogP) is 6.17. The summed E-state index contributed by atoms with van der Waals surface area (Å²) in [4.78, 5) is 135. The van der Waals surface area contributed by atoms with E-state index >= 15 is 0 Å². The van der Waals surface area contributed by atoms with Crippen molar-refractivity contribution in [2.45, 2.75) is 214 Å². The van der Waals surface area contributed by atoms with Crippen molar-refractivity contribution in [2.24, 2.45) is 29.6 Å². The topological polar surface area (TPSA) is 338 Å². The smallest absolute Gasteiger partial charge is 0.410 e. The van der Waals surface area contributed by atoms with Crippen molar-refractivity contribution in [2.75, 3.05) is 100 Å². The summed E-state index contributed by atoms with van der Waals surface area (Å²) in [5.41, 5.74) is 6.76. The molecule has 4 heterocycles. The van der Waals surface area contributed by atoms with Gasteiger partial charge < -0.3 is 80.0 Å². The minimum Gasteiger partial charge on any atom is -0.445 e. The lowest BCUT2D eigenvalue weighted by atomic mass is 9.89. The minimum absolute atomic E-state index is 0.00824. The largest absolute Gasteiger partial charge is 0.445 e. The van der Waals surface area contributed by atoms with Crippen LogP contribution >= 0.6 is 0 Å². The molecule has 9 amide bonds. The van der Waals surface area contributed by atoms with Gasteiger partial charge in [-0.1, -0.05) is 111 Å². The molecule has 0 radical (unpaired) electrons. The molecule has 0 aliphatic carbocycles. The molecular formula is C80H126N14O15. The number of likely N-dealkylation sites (N-methyl/N-ethyl adjacent to an activating group) is 2. The molecule has 6 rings (SSSR count). The molecule has 2 saturated heterocycles. The van der Waals surface area contributed by atoms with Crippen molar-refractivity contribution < 1.29 is 71.9 Å². The van der Waals surface area contributed by atoms with Crippen LogP contribution in [0.3, 0.4) is 0 Å². The Kier molecular flexibility index (Phi) is 36.7. The van der Waals surface area contributed by atoms with Crippen LogP contribution in [0.4, 0.5) is 10.5 Å². The van der Waals surface area contributed by atoms with Crippen LogP contribution in [0.15, 0.2) is 79.0 Å². The number of benzene rings is 2. The highest BCUT2D eigenvalue weighted by Gasteiger charge is 2.44. The van der Waals surface area contributed by atoms with E-state index in [0.717, 1.165) is 29.6 Å². The van der Waals surface area contributed by atoms with Crippen molar-refractivity contribution in [3.05, 3.63) is 95.8 Å². The molecule has 2 aromatic carbocycles. The number of aliphatic hydroxyl groups is 1. The SMILES string of the molecule is CC[C@H](C)[C@@H]([C@@H](CC(=O)N1CCC[C@H]1[C@H](OC)[C@@H](C)C(=O)N[C@H](C)[C@@H](O)c1ccccc1)OC)N(C)C(=O)[C@@H](NC(=O)[C@H](C(C)C)N(C)C(=O)OCc1ccc(NC(=O)[C@H](C)NC(=O)[C@@H](NC(=O)CCOCCOCCNC2CCN(C(=O)CCn3c(CN(C)NC)cc4cccnc43)CC2)C(C)C)cc1)C(C)C. The number of hydrazine groups is 1. The highest BCUT2D eigenvalue weighted by Crippen LogP contribution is 2.31. The van der Waals surface area contributed by atoms with E-state index in [-0.39, 0.29) is 74.2 Å². The van der Waals surface area contributed by atoms with Gasteiger partial charge in [0.25, 0.3) is 0 Å². The number of amides is 9. The number of likely N-dealkylation sites (tertiary alicyclic amines) is 2. The molecule has 2 fully saturated rings. The summed E-state index contributed by atoms with van der Waals surface area (Å²) >= 11 is 0. The Morgan fingerprint density at radius 1 is 0.679 bits per heavy atom. The van der Waals surface area contributed by atoms with Gasteiger partial charge in [0.2, 0.25) is 47.3 Å². The van der Waals surface area contributed by atoms with Gasteiger partial charge in [-0.15, -0.1) is 0 Å². The lowest BCUT2D eigenvalue weighted by Gasteiger charge is -2.41. The van der Waals surface area contributed by atoms with Crippen LogP contribution in [0.25, 0.3) is 11.0 Å². The van der Waals surface area contributed by atoms with Gasteiger partial charge in [-0.2, -0.15) is 0 Å². The van der Waals surface area contributed by atoms with Crippen molar-refractivity contribution >= 4 is 70.1 Å². The first-order valence-corrected chi connectivity index (χ1v) is 38.8. The second-order valence-electron chi connectivity index (χ2n) is 30.1. The molecule has 109 heavy (non-hydrogen) atoms. The van der Waals surface area contributed by atoms with Crippen LogP contribution in [0.1, 0.15) is 150 Å². The number of aromatic nitrogens is 2. The van der Waals surface area contributed by atoms with Gasteiger partial charge in [0, 0.05) is 110 Å². The van der Waals surface area contributed by atoms with E-state index in [9.17, 15) is 48.3 Å². The van der Waals surface area contributed by atoms with E-state index in [0.29, 0.717) is 95.0 Å². The number of piperidine rings is 1. The minimum atomic E-state index is -1.06. The molecular weight excluding hydrogens is 1400 g/mol. The number of rotatable bonds is 44. The molecule has 0 spiro atoms. The fourth-order valence-electron chi connectivity index (χ4n) is 14.4. The first kappa shape index (κ1) is 89.7. The van der Waals surface area contributed by atoms with Gasteiger partial charge in [0.1, 0.15) is 36.4 Å². The quantitative estimate of drug-likeness (QED) is 0.0181. The molecule has 0 unspecified atom stereocenters. The molecule has 2 aromatic heterocycles. The van der Waals surface area contributed by atoms with Gasteiger partial charge in [-0.05, 0) is 112 Å². The Morgan fingerprint density at radius 2 is 1.35 bits per heavy atom. The van der Waals surface area contributed by atoms with Crippen LogP contribution in [-0.2, 0) is 81.7 Å². The van der Waals surface area contributed by atoms with E-state index in [4.69, 9.17) is 23.7 Å². The summed E-state index contributed by atoms with van der Waals surface area (Å²) in [5, 5.41) is 31.7. The average molecular weight is 1520 g/mol. The number of pyridine rings is 1. The number of carbonyl (C=O) groups is 9. The van der Waals surface area contributed by atoms with Crippen molar-refractivity contribution in [3.8, 4) is 0 Å². The number of methoxy groups -OCH3 is 2. The van der Waals surface area contributed by atoms with E-state index in [1.165, 1.54) is 33.1 Å². The van der Waals surface area contributed by atoms with Gasteiger partial charge in [0.05, 0.1) is 81.7 Å². The zero-order valence-electron chi connectivity index (χ0n) is 67.5. The molecule has 2 aliphatic rings. The molecule has 29 nitrogen and oxygen atoms in total. The maximum Gasteiger partial charge on any atom is 0.410 e. The van der Waals surface area contributed by atoms with E-state index in [1.54, 1.807) is 101 Å². The predicted molar refractivity (Wildman–Crippen MR) is 417 cm³/mol. The second-order valence-corrected chi connectivity index (χ2v) is 30.1. The van der Waals surface area contributed by atoms with Crippen molar-refractivity contribution in [1.29, 1.82) is 0 Å². The maximum atomic E-state index is 14.8. The Morgan fingerprint density at radius 3 is 1.97 bits per heavy atom. The number of ether oxygens (including phenoxy) is 5. The second kappa shape index (κ2) is 44.6. The Hall–Kier alpha value is -8.16. The number of hydrogen-bond donors (Lipinski definition) is 8. The highest BCUT2D eigenvalue weighted by atomic mass is 16.6. The molecule has 8 N–H and O–H groups in total. The Bertz CT molecular complexity index is 3540. The molecule has 29 heteroatoms. The summed E-state index contributed by atoms with van der Waals surface area (Å²) in [5.74, 6) is -4.80. The summed E-state index contributed by atoms with van der Waals surface area (Å²) in [7, 11) is 9.99. The zero-order valence-corrected chi connectivity index (χ0v) is 67.5. The average Bonchev–Trinajstić information content (AvgIpc) is 1.42.